The molecule has 0 saturated heterocycles. The minimum absolute atomic E-state index is 0.190. The molecule has 0 bridgehead atoms. The van der Waals surface area contributed by atoms with Crippen LogP contribution in [0.5, 0.6) is 0 Å². The molecule has 1 aromatic carbocycles. The molecule has 0 aromatic heterocycles. The van der Waals surface area contributed by atoms with Gasteiger partial charge in [-0.25, -0.2) is 0 Å². The van der Waals surface area contributed by atoms with Gasteiger partial charge in [-0.2, -0.15) is 0 Å². The molecule has 0 unspecified atom stereocenters. The third-order valence-electron chi connectivity index (χ3n) is 4.21. The van der Waals surface area contributed by atoms with E-state index in [4.69, 9.17) is 0 Å². The molecule has 0 heterocycles. The van der Waals surface area contributed by atoms with Crippen molar-refractivity contribution in [2.24, 2.45) is 0 Å². The normalized spacial score (nSPS) is 13.7. The summed E-state index contributed by atoms with van der Waals surface area (Å²) in [6.45, 7) is 20.9. The summed E-state index contributed by atoms with van der Waals surface area (Å²) in [7, 11) is 4.61. The van der Waals surface area contributed by atoms with Crippen molar-refractivity contribution >= 4 is 26.6 Å². The van der Waals surface area contributed by atoms with Gasteiger partial charge < -0.3 is 0 Å². The summed E-state index contributed by atoms with van der Waals surface area (Å²) in [5.41, 5.74) is 8.07. The Bertz CT molecular complexity index is 468. The second-order valence-electron chi connectivity index (χ2n) is 9.35. The molecule has 0 radical (unpaired) electrons. The van der Waals surface area contributed by atoms with E-state index in [1.54, 1.807) is 0 Å². The van der Waals surface area contributed by atoms with Gasteiger partial charge in [0.1, 0.15) is 15.7 Å². The molecule has 1 aromatic rings. The quantitative estimate of drug-likeness (QED) is 0.633. The van der Waals surface area contributed by atoms with Crippen molar-refractivity contribution in [1.82, 2.24) is 0 Å². The zero-order chi connectivity index (χ0) is 16.1. The maximum atomic E-state index is 2.46. The Morgan fingerprint density at radius 3 is 1.10 bits per heavy atom. The SMILES string of the molecule is Bc1c(C(C)(C)C)cc(C(C)(C)C)c(B)c1C(C)(C)C. The van der Waals surface area contributed by atoms with E-state index in [1.165, 1.54) is 27.6 Å². The third kappa shape index (κ3) is 3.32. The molecule has 1 rings (SSSR count). The fourth-order valence-electron chi connectivity index (χ4n) is 3.59. The van der Waals surface area contributed by atoms with E-state index in [2.05, 4.69) is 84.1 Å². The molecule has 0 fully saturated rings. The second-order valence-corrected chi connectivity index (χ2v) is 9.35. The number of benzene rings is 1. The largest absolute Gasteiger partial charge is 0.140 e. The number of rotatable bonds is 0. The van der Waals surface area contributed by atoms with Crippen LogP contribution in [0.1, 0.15) is 79.0 Å². The van der Waals surface area contributed by atoms with Gasteiger partial charge in [0, 0.05) is 0 Å². The topological polar surface area (TPSA) is 0 Å². The van der Waals surface area contributed by atoms with E-state index in [0.717, 1.165) is 0 Å². The first-order valence-electron chi connectivity index (χ1n) is 7.83. The zero-order valence-electron chi connectivity index (χ0n) is 15.6. The van der Waals surface area contributed by atoms with Crippen molar-refractivity contribution in [3.8, 4) is 0 Å². The van der Waals surface area contributed by atoms with Gasteiger partial charge in [-0.3, -0.25) is 0 Å². The highest BCUT2D eigenvalue weighted by molar-refractivity contribution is 6.41. The van der Waals surface area contributed by atoms with E-state index in [1.807, 2.05) is 0 Å². The average molecular weight is 270 g/mol. The summed E-state index contributed by atoms with van der Waals surface area (Å²) >= 11 is 0. The Kier molecular flexibility index (Phi) is 4.32. The van der Waals surface area contributed by atoms with Gasteiger partial charge in [-0.15, -0.1) is 0 Å². The van der Waals surface area contributed by atoms with Gasteiger partial charge in [-0.1, -0.05) is 84.9 Å². The van der Waals surface area contributed by atoms with Crippen LogP contribution in [0.25, 0.3) is 0 Å². The summed E-state index contributed by atoms with van der Waals surface area (Å²) in [6.07, 6.45) is 0. The lowest BCUT2D eigenvalue weighted by atomic mass is 9.62. The van der Waals surface area contributed by atoms with Crippen LogP contribution in [0.4, 0.5) is 0 Å². The minimum atomic E-state index is 0.190. The third-order valence-corrected chi connectivity index (χ3v) is 4.21. The van der Waals surface area contributed by atoms with Crippen molar-refractivity contribution in [2.75, 3.05) is 0 Å². The fraction of sp³-hybridized carbons (Fsp3) is 0.667. The van der Waals surface area contributed by atoms with Crippen LogP contribution in [0.3, 0.4) is 0 Å². The first-order valence-corrected chi connectivity index (χ1v) is 7.83. The molecule has 0 N–H and O–H groups in total. The Morgan fingerprint density at radius 2 is 0.900 bits per heavy atom. The first kappa shape index (κ1) is 17.4. The van der Waals surface area contributed by atoms with Crippen molar-refractivity contribution in [3.63, 3.8) is 0 Å². The van der Waals surface area contributed by atoms with Gasteiger partial charge >= 0.3 is 0 Å². The lowest BCUT2D eigenvalue weighted by molar-refractivity contribution is 0.559. The zero-order valence-corrected chi connectivity index (χ0v) is 15.6. The molecule has 0 aliphatic rings. The molecular weight excluding hydrogens is 238 g/mol. The van der Waals surface area contributed by atoms with Crippen LogP contribution in [-0.4, -0.2) is 15.7 Å². The molecule has 0 aliphatic carbocycles. The molecule has 0 nitrogen and oxygen atoms in total. The summed E-state index contributed by atoms with van der Waals surface area (Å²) in [4.78, 5) is 0. The number of hydrogen-bond donors (Lipinski definition) is 0. The minimum Gasteiger partial charge on any atom is -0.0822 e. The molecule has 0 saturated carbocycles. The van der Waals surface area contributed by atoms with Crippen molar-refractivity contribution in [3.05, 3.63) is 22.8 Å². The Hall–Kier alpha value is -0.650. The Balaban J connectivity index is 3.86. The van der Waals surface area contributed by atoms with Gasteiger partial charge in [0.25, 0.3) is 0 Å². The lowest BCUT2D eigenvalue weighted by Crippen LogP contribution is -2.41. The van der Waals surface area contributed by atoms with Gasteiger partial charge in [0.15, 0.2) is 0 Å². The van der Waals surface area contributed by atoms with Crippen LogP contribution < -0.4 is 10.9 Å². The van der Waals surface area contributed by atoms with E-state index in [0.29, 0.717) is 0 Å². The van der Waals surface area contributed by atoms with E-state index < -0.39 is 0 Å². The standard InChI is InChI=1S/C18H32B2/c1-16(2,3)11-10-12(17(4,5)6)15(20)13(14(11)19)18(7,8)9/h10H,19-20H2,1-9H3. The number of hydrogen-bond acceptors (Lipinski definition) is 0. The maximum absolute atomic E-state index is 2.46. The average Bonchev–Trinajstić information content (AvgIpc) is 2.10. The highest BCUT2D eigenvalue weighted by Gasteiger charge is 2.29. The molecule has 110 valence electrons. The van der Waals surface area contributed by atoms with E-state index in [-0.39, 0.29) is 16.2 Å². The van der Waals surface area contributed by atoms with Crippen LogP contribution in [0.2, 0.25) is 0 Å². The summed E-state index contributed by atoms with van der Waals surface area (Å²) in [6, 6.07) is 2.46. The van der Waals surface area contributed by atoms with Gasteiger partial charge in [-0.05, 0) is 27.4 Å². The molecule has 0 spiro atoms. The van der Waals surface area contributed by atoms with Crippen molar-refractivity contribution in [2.45, 2.75) is 78.6 Å². The highest BCUT2D eigenvalue weighted by atomic mass is 14.3. The Morgan fingerprint density at radius 1 is 0.600 bits per heavy atom. The highest BCUT2D eigenvalue weighted by Crippen LogP contribution is 2.30. The molecule has 0 amide bonds. The van der Waals surface area contributed by atoms with Crippen molar-refractivity contribution < 1.29 is 0 Å². The van der Waals surface area contributed by atoms with Crippen molar-refractivity contribution in [1.29, 1.82) is 0 Å². The van der Waals surface area contributed by atoms with Crippen LogP contribution in [-0.2, 0) is 16.2 Å². The summed E-state index contributed by atoms with van der Waals surface area (Å²) in [5.74, 6) is 0. The summed E-state index contributed by atoms with van der Waals surface area (Å²) in [5, 5.41) is 0. The van der Waals surface area contributed by atoms with Gasteiger partial charge in [0.05, 0.1) is 0 Å². The first-order chi connectivity index (χ1) is 8.67. The summed E-state index contributed by atoms with van der Waals surface area (Å²) < 4.78 is 0. The maximum Gasteiger partial charge on any atom is 0.140 e. The molecule has 2 heteroatoms. The van der Waals surface area contributed by atoms with E-state index >= 15 is 0 Å². The Labute approximate surface area is 128 Å². The smallest absolute Gasteiger partial charge is 0.0822 e. The predicted molar refractivity (Wildman–Crippen MR) is 98.9 cm³/mol. The van der Waals surface area contributed by atoms with Gasteiger partial charge in [0.2, 0.25) is 0 Å². The van der Waals surface area contributed by atoms with Crippen LogP contribution >= 0.6 is 0 Å². The van der Waals surface area contributed by atoms with Crippen LogP contribution in [0, 0.1) is 0 Å². The second kappa shape index (κ2) is 4.97. The molecule has 0 aliphatic heterocycles. The van der Waals surface area contributed by atoms with Crippen LogP contribution in [0.15, 0.2) is 6.07 Å². The fourth-order valence-corrected chi connectivity index (χ4v) is 3.59. The lowest BCUT2D eigenvalue weighted by Gasteiger charge is -2.35. The predicted octanol–water partition coefficient (Wildman–Crippen LogP) is 2.10. The molecule has 20 heavy (non-hydrogen) atoms. The monoisotopic (exact) mass is 270 g/mol. The molecule has 0 atom stereocenters. The molecular formula is C18H32B2. The van der Waals surface area contributed by atoms with E-state index in [9.17, 15) is 0 Å².